The third kappa shape index (κ3) is 3.98. The molecule has 2 aliphatic carbocycles. The number of carbonyl (C=O) groups is 2. The van der Waals surface area contributed by atoms with Gasteiger partial charge in [-0.3, -0.25) is 9.59 Å². The molecule has 0 spiro atoms. The lowest BCUT2D eigenvalue weighted by Crippen LogP contribution is -2.47. The summed E-state index contributed by atoms with van der Waals surface area (Å²) >= 11 is 0. The number of carbonyl (C=O) groups excluding carboxylic acids is 2. The maximum absolute atomic E-state index is 12.2. The molecule has 24 heavy (non-hydrogen) atoms. The second-order valence-corrected chi connectivity index (χ2v) is 6.86. The van der Waals surface area contributed by atoms with Crippen LogP contribution in [0.3, 0.4) is 0 Å². The largest absolute Gasteiger partial charge is 0.469 e. The fourth-order valence-electron chi connectivity index (χ4n) is 3.82. The standard InChI is InChI=1S/C18H26N2O4/c1-23-11-12-5-7-13(8-6-12)19-17(21)18(22)20-15-3-2-4-16-14(15)9-10-24-16/h9-10,12-13,15H,2-8,11H2,1H3,(H,19,21)(H,20,22). The van der Waals surface area contributed by atoms with Crippen molar-refractivity contribution in [3.05, 3.63) is 23.7 Å². The lowest BCUT2D eigenvalue weighted by Gasteiger charge is -2.29. The molecule has 6 nitrogen and oxygen atoms in total. The SMILES string of the molecule is COCC1CCC(NC(=O)C(=O)NC2CCCc3occc32)CC1. The highest BCUT2D eigenvalue weighted by Crippen LogP contribution is 2.30. The van der Waals surface area contributed by atoms with Gasteiger partial charge in [-0.1, -0.05) is 0 Å². The van der Waals surface area contributed by atoms with Crippen molar-refractivity contribution in [1.29, 1.82) is 0 Å². The monoisotopic (exact) mass is 334 g/mol. The summed E-state index contributed by atoms with van der Waals surface area (Å²) in [5.74, 6) is 0.413. The number of furan rings is 1. The highest BCUT2D eigenvalue weighted by molar-refractivity contribution is 6.35. The van der Waals surface area contributed by atoms with Crippen molar-refractivity contribution >= 4 is 11.8 Å². The summed E-state index contributed by atoms with van der Waals surface area (Å²) in [4.78, 5) is 24.4. The van der Waals surface area contributed by atoms with Crippen LogP contribution in [0.25, 0.3) is 0 Å². The van der Waals surface area contributed by atoms with Crippen LogP contribution in [0.4, 0.5) is 0 Å². The Labute approximate surface area is 142 Å². The van der Waals surface area contributed by atoms with E-state index in [-0.39, 0.29) is 12.1 Å². The molecule has 2 aliphatic rings. The lowest BCUT2D eigenvalue weighted by atomic mass is 9.86. The Morgan fingerprint density at radius 2 is 1.92 bits per heavy atom. The fourth-order valence-corrected chi connectivity index (χ4v) is 3.82. The zero-order valence-corrected chi connectivity index (χ0v) is 14.2. The first-order valence-electron chi connectivity index (χ1n) is 8.84. The number of fused-ring (bicyclic) bond motifs is 1. The summed E-state index contributed by atoms with van der Waals surface area (Å²) in [6, 6.07) is 1.85. The second kappa shape index (κ2) is 7.83. The van der Waals surface area contributed by atoms with Gasteiger partial charge in [0.25, 0.3) is 0 Å². The van der Waals surface area contributed by atoms with E-state index in [2.05, 4.69) is 10.6 Å². The van der Waals surface area contributed by atoms with Crippen LogP contribution in [-0.2, 0) is 20.7 Å². The third-order valence-electron chi connectivity index (χ3n) is 5.15. The fraction of sp³-hybridized carbons (Fsp3) is 0.667. The Balaban J connectivity index is 1.47. The molecule has 1 saturated carbocycles. The molecular formula is C18H26N2O4. The average Bonchev–Trinajstić information content (AvgIpc) is 3.06. The van der Waals surface area contributed by atoms with Gasteiger partial charge in [0.2, 0.25) is 0 Å². The number of hydrogen-bond donors (Lipinski definition) is 2. The minimum absolute atomic E-state index is 0.0900. The molecule has 0 radical (unpaired) electrons. The van der Waals surface area contributed by atoms with Gasteiger partial charge < -0.3 is 19.8 Å². The van der Waals surface area contributed by atoms with Crippen molar-refractivity contribution in [2.45, 2.75) is 57.0 Å². The number of hydrogen-bond acceptors (Lipinski definition) is 4. The molecule has 1 atom stereocenters. The summed E-state index contributed by atoms with van der Waals surface area (Å²) in [5.41, 5.74) is 1.00. The van der Waals surface area contributed by atoms with E-state index in [1.807, 2.05) is 6.07 Å². The minimum atomic E-state index is -0.548. The van der Waals surface area contributed by atoms with Crippen LogP contribution in [0.2, 0.25) is 0 Å². The Hall–Kier alpha value is -1.82. The van der Waals surface area contributed by atoms with Crippen molar-refractivity contribution in [1.82, 2.24) is 10.6 Å². The van der Waals surface area contributed by atoms with Gasteiger partial charge in [-0.05, 0) is 50.5 Å². The zero-order valence-electron chi connectivity index (χ0n) is 14.2. The summed E-state index contributed by atoms with van der Waals surface area (Å²) in [6.45, 7) is 0.774. The van der Waals surface area contributed by atoms with Crippen molar-refractivity contribution in [3.63, 3.8) is 0 Å². The zero-order chi connectivity index (χ0) is 16.9. The number of methoxy groups -OCH3 is 1. The predicted octanol–water partition coefficient (Wildman–Crippen LogP) is 2.09. The van der Waals surface area contributed by atoms with Crippen molar-refractivity contribution in [2.24, 2.45) is 5.92 Å². The molecule has 2 N–H and O–H groups in total. The van der Waals surface area contributed by atoms with E-state index in [0.29, 0.717) is 5.92 Å². The summed E-state index contributed by atoms with van der Waals surface area (Å²) < 4.78 is 10.6. The van der Waals surface area contributed by atoms with E-state index in [1.54, 1.807) is 13.4 Å². The Kier molecular flexibility index (Phi) is 5.56. The summed E-state index contributed by atoms with van der Waals surface area (Å²) in [5, 5.41) is 5.72. The first kappa shape index (κ1) is 17.0. The first-order valence-corrected chi connectivity index (χ1v) is 8.84. The van der Waals surface area contributed by atoms with E-state index in [0.717, 1.165) is 62.9 Å². The van der Waals surface area contributed by atoms with Crippen LogP contribution in [0.15, 0.2) is 16.7 Å². The molecule has 0 aromatic carbocycles. The quantitative estimate of drug-likeness (QED) is 0.826. The van der Waals surface area contributed by atoms with Crippen LogP contribution in [0, 0.1) is 5.92 Å². The van der Waals surface area contributed by atoms with Crippen LogP contribution in [0.1, 0.15) is 55.9 Å². The molecule has 3 rings (SSSR count). The Morgan fingerprint density at radius 1 is 1.17 bits per heavy atom. The van der Waals surface area contributed by atoms with Crippen LogP contribution in [-0.4, -0.2) is 31.6 Å². The van der Waals surface area contributed by atoms with E-state index in [9.17, 15) is 9.59 Å². The second-order valence-electron chi connectivity index (χ2n) is 6.86. The Morgan fingerprint density at radius 3 is 2.67 bits per heavy atom. The van der Waals surface area contributed by atoms with Gasteiger partial charge in [-0.2, -0.15) is 0 Å². The lowest BCUT2D eigenvalue weighted by molar-refractivity contribution is -0.140. The van der Waals surface area contributed by atoms with E-state index in [4.69, 9.17) is 9.15 Å². The molecule has 0 saturated heterocycles. The molecule has 1 heterocycles. The Bertz CT molecular complexity index is 575. The van der Waals surface area contributed by atoms with Crippen LogP contribution < -0.4 is 10.6 Å². The molecule has 1 aromatic rings. The van der Waals surface area contributed by atoms with Crippen LogP contribution >= 0.6 is 0 Å². The first-order chi connectivity index (χ1) is 11.7. The topological polar surface area (TPSA) is 80.6 Å². The average molecular weight is 334 g/mol. The molecule has 1 aromatic heterocycles. The van der Waals surface area contributed by atoms with Gasteiger partial charge in [0, 0.05) is 31.7 Å². The minimum Gasteiger partial charge on any atom is -0.469 e. The number of ether oxygens (including phenoxy) is 1. The molecule has 132 valence electrons. The van der Waals surface area contributed by atoms with Gasteiger partial charge >= 0.3 is 11.8 Å². The summed E-state index contributed by atoms with van der Waals surface area (Å²) in [6.07, 6.45) is 8.21. The van der Waals surface area contributed by atoms with Crippen molar-refractivity contribution < 1.29 is 18.7 Å². The van der Waals surface area contributed by atoms with E-state index >= 15 is 0 Å². The molecule has 6 heteroatoms. The molecular weight excluding hydrogens is 308 g/mol. The maximum atomic E-state index is 12.2. The third-order valence-corrected chi connectivity index (χ3v) is 5.15. The molecule has 2 amide bonds. The number of aryl methyl sites for hydroxylation is 1. The number of rotatable bonds is 4. The van der Waals surface area contributed by atoms with E-state index in [1.165, 1.54) is 0 Å². The smallest absolute Gasteiger partial charge is 0.309 e. The summed E-state index contributed by atoms with van der Waals surface area (Å²) in [7, 11) is 1.72. The maximum Gasteiger partial charge on any atom is 0.309 e. The van der Waals surface area contributed by atoms with Gasteiger partial charge in [-0.25, -0.2) is 0 Å². The normalized spacial score (nSPS) is 26.5. The highest BCUT2D eigenvalue weighted by Gasteiger charge is 2.28. The molecule has 0 bridgehead atoms. The van der Waals surface area contributed by atoms with Gasteiger partial charge in [-0.15, -0.1) is 0 Å². The van der Waals surface area contributed by atoms with Gasteiger partial charge in [0.1, 0.15) is 5.76 Å². The highest BCUT2D eigenvalue weighted by atomic mass is 16.5. The molecule has 0 aliphatic heterocycles. The predicted molar refractivity (Wildman–Crippen MR) is 88.3 cm³/mol. The van der Waals surface area contributed by atoms with Gasteiger partial charge in [0.05, 0.1) is 12.3 Å². The van der Waals surface area contributed by atoms with Crippen LogP contribution in [0.5, 0.6) is 0 Å². The van der Waals surface area contributed by atoms with E-state index < -0.39 is 11.8 Å². The molecule has 1 unspecified atom stereocenters. The molecule has 1 fully saturated rings. The van der Waals surface area contributed by atoms with Crippen molar-refractivity contribution in [3.8, 4) is 0 Å². The number of nitrogens with one attached hydrogen (secondary N) is 2. The van der Waals surface area contributed by atoms with Gasteiger partial charge in [0.15, 0.2) is 0 Å². The number of amides is 2. The van der Waals surface area contributed by atoms with Crippen molar-refractivity contribution in [2.75, 3.05) is 13.7 Å².